The van der Waals surface area contributed by atoms with Crippen molar-refractivity contribution in [3.8, 4) is 0 Å². The molecule has 0 aromatic heterocycles. The molecule has 0 rings (SSSR count). The number of rotatable bonds is 83. The third kappa shape index (κ3) is 78.0. The van der Waals surface area contributed by atoms with Gasteiger partial charge in [0.15, 0.2) is 12.2 Å². The van der Waals surface area contributed by atoms with E-state index in [0.717, 1.165) is 102 Å². The fraction of sp³-hybridized carbons (Fsp3) is 0.952. The number of phosphoric ester groups is 2. The molecule has 0 saturated carbocycles. The number of ether oxygens (including phenoxy) is 4. The van der Waals surface area contributed by atoms with E-state index < -0.39 is 97.5 Å². The molecule has 0 aromatic rings. The van der Waals surface area contributed by atoms with Crippen LogP contribution in [-0.4, -0.2) is 96.7 Å². The lowest BCUT2D eigenvalue weighted by molar-refractivity contribution is -0.161. The summed E-state index contributed by atoms with van der Waals surface area (Å²) >= 11 is 0. The van der Waals surface area contributed by atoms with Gasteiger partial charge in [0.05, 0.1) is 26.4 Å². The average Bonchev–Trinajstić information content (AvgIpc) is 0.938. The molecule has 0 aliphatic carbocycles. The van der Waals surface area contributed by atoms with Crippen molar-refractivity contribution in [3.63, 3.8) is 0 Å². The Morgan fingerprint density at radius 3 is 0.660 bits per heavy atom. The third-order valence-corrected chi connectivity index (χ3v) is 21.6. The first kappa shape index (κ1) is 101. The van der Waals surface area contributed by atoms with Gasteiger partial charge in [-0.05, 0) is 37.5 Å². The van der Waals surface area contributed by atoms with Gasteiger partial charge < -0.3 is 33.8 Å². The zero-order chi connectivity index (χ0) is 75.6. The van der Waals surface area contributed by atoms with E-state index in [0.29, 0.717) is 25.7 Å². The van der Waals surface area contributed by atoms with Crippen LogP contribution in [0.5, 0.6) is 0 Å². The minimum absolute atomic E-state index is 0.106. The molecule has 3 N–H and O–H groups in total. The van der Waals surface area contributed by atoms with Crippen molar-refractivity contribution in [2.75, 3.05) is 39.6 Å². The molecular formula is C84H164O17P2. The summed E-state index contributed by atoms with van der Waals surface area (Å²) in [6.45, 7) is 9.64. The molecule has 612 valence electrons. The van der Waals surface area contributed by atoms with E-state index in [9.17, 15) is 43.2 Å². The Labute approximate surface area is 632 Å². The maximum Gasteiger partial charge on any atom is 0.472 e. The van der Waals surface area contributed by atoms with Gasteiger partial charge in [0.25, 0.3) is 0 Å². The molecule has 0 aliphatic heterocycles. The molecule has 0 aromatic carbocycles. The van der Waals surface area contributed by atoms with E-state index in [1.165, 1.54) is 263 Å². The fourth-order valence-electron chi connectivity index (χ4n) is 13.1. The quantitative estimate of drug-likeness (QED) is 0.0222. The van der Waals surface area contributed by atoms with Crippen LogP contribution in [0.25, 0.3) is 0 Å². The standard InChI is InChI=1S/C84H164O17P2/c1-7-9-11-13-15-17-18-19-20-21-22-23-24-28-31-34-37-43-49-55-61-67-82(87)95-73-80(100-83(88)68-62-56-50-44-38-35-32-29-26-25-27-30-33-36-41-46-52-58-64-76(3)4)75-99-103(92,93)97-71-78(85)70-96-102(90,91)98-74-79(72-94-81(86)66-60-54-48-40-16-14-12-10-8-2)101-84(89)69-63-57-51-45-39-42-47-53-59-65-77(5)6/h76-80,85H,7-75H2,1-6H3,(H,90,91)(H,92,93)/t78-,79+,80+/m0/s1. The molecule has 0 fully saturated rings. The molecular weight excluding hydrogens is 1340 g/mol. The number of unbranched alkanes of at least 4 members (excludes halogenated alkanes) is 53. The van der Waals surface area contributed by atoms with E-state index in [-0.39, 0.29) is 25.7 Å². The van der Waals surface area contributed by atoms with Crippen LogP contribution in [0.3, 0.4) is 0 Å². The monoisotopic (exact) mass is 1510 g/mol. The summed E-state index contributed by atoms with van der Waals surface area (Å²) in [5, 5.41) is 10.6. The Bertz CT molecular complexity index is 1980. The summed E-state index contributed by atoms with van der Waals surface area (Å²) in [7, 11) is -9.92. The predicted octanol–water partition coefficient (Wildman–Crippen LogP) is 25.5. The summed E-state index contributed by atoms with van der Waals surface area (Å²) in [6, 6.07) is 0. The number of phosphoric acid groups is 2. The summed E-state index contributed by atoms with van der Waals surface area (Å²) in [5.74, 6) is -0.552. The highest BCUT2D eigenvalue weighted by Crippen LogP contribution is 2.45. The van der Waals surface area contributed by atoms with Gasteiger partial charge in [-0.25, -0.2) is 9.13 Å². The second-order valence-corrected chi connectivity index (χ2v) is 34.1. The lowest BCUT2D eigenvalue weighted by Crippen LogP contribution is -2.30. The van der Waals surface area contributed by atoms with Crippen molar-refractivity contribution in [3.05, 3.63) is 0 Å². The number of carbonyl (C=O) groups is 4. The number of aliphatic hydroxyl groups excluding tert-OH is 1. The van der Waals surface area contributed by atoms with E-state index >= 15 is 0 Å². The molecule has 5 atom stereocenters. The van der Waals surface area contributed by atoms with Crippen molar-refractivity contribution in [2.45, 2.75) is 464 Å². The van der Waals surface area contributed by atoms with Crippen molar-refractivity contribution in [1.29, 1.82) is 0 Å². The number of hydrogen-bond donors (Lipinski definition) is 3. The maximum atomic E-state index is 13.1. The molecule has 0 radical (unpaired) electrons. The van der Waals surface area contributed by atoms with Gasteiger partial charge in [0.2, 0.25) is 0 Å². The van der Waals surface area contributed by atoms with Crippen LogP contribution in [0, 0.1) is 11.8 Å². The highest BCUT2D eigenvalue weighted by atomic mass is 31.2. The van der Waals surface area contributed by atoms with Crippen LogP contribution in [-0.2, 0) is 65.4 Å². The van der Waals surface area contributed by atoms with E-state index in [1.807, 2.05) is 0 Å². The first-order valence-electron chi connectivity index (χ1n) is 43.5. The minimum atomic E-state index is -4.96. The summed E-state index contributed by atoms with van der Waals surface area (Å²) in [5.41, 5.74) is 0. The predicted molar refractivity (Wildman–Crippen MR) is 423 cm³/mol. The maximum absolute atomic E-state index is 13.1. The number of esters is 4. The Morgan fingerprint density at radius 2 is 0.447 bits per heavy atom. The summed E-state index contributed by atoms with van der Waals surface area (Å²) < 4.78 is 68.7. The highest BCUT2D eigenvalue weighted by Gasteiger charge is 2.30. The molecule has 0 heterocycles. The first-order valence-corrected chi connectivity index (χ1v) is 46.5. The zero-order valence-electron chi connectivity index (χ0n) is 67.6. The SMILES string of the molecule is CCCCCCCCCCCCCCCCCCCCCCCC(=O)OC[C@H](COP(=O)(O)OC[C@@H](O)COP(=O)(O)OC[C@@H](COC(=O)CCCCCCCCCCC)OC(=O)CCCCCCCCCCCC(C)C)OC(=O)CCCCCCCCCCCCCCCCCCCCC(C)C. The molecule has 103 heavy (non-hydrogen) atoms. The number of aliphatic hydroxyl groups is 1. The fourth-order valence-corrected chi connectivity index (χ4v) is 14.6. The Morgan fingerprint density at radius 1 is 0.262 bits per heavy atom. The number of carbonyl (C=O) groups excluding carboxylic acids is 4. The second-order valence-electron chi connectivity index (χ2n) is 31.2. The van der Waals surface area contributed by atoms with Gasteiger partial charge in [-0.15, -0.1) is 0 Å². The van der Waals surface area contributed by atoms with E-state index in [4.69, 9.17) is 37.0 Å². The highest BCUT2D eigenvalue weighted by molar-refractivity contribution is 7.47. The first-order chi connectivity index (χ1) is 49.9. The molecule has 0 amide bonds. The number of hydrogen-bond acceptors (Lipinski definition) is 15. The van der Waals surface area contributed by atoms with Crippen molar-refractivity contribution >= 4 is 39.5 Å². The largest absolute Gasteiger partial charge is 0.472 e. The van der Waals surface area contributed by atoms with Gasteiger partial charge in [0, 0.05) is 25.7 Å². The molecule has 0 bridgehead atoms. The van der Waals surface area contributed by atoms with Gasteiger partial charge in [-0.1, -0.05) is 395 Å². The molecule has 2 unspecified atom stereocenters. The van der Waals surface area contributed by atoms with Crippen LogP contribution in [0.4, 0.5) is 0 Å². The Kier molecular flexibility index (Phi) is 74.1. The van der Waals surface area contributed by atoms with Crippen LogP contribution in [0.1, 0.15) is 446 Å². The Balaban J connectivity index is 5.18. The van der Waals surface area contributed by atoms with E-state index in [1.54, 1.807) is 0 Å². The summed E-state index contributed by atoms with van der Waals surface area (Å²) in [6.07, 6.45) is 66.9. The van der Waals surface area contributed by atoms with Crippen LogP contribution < -0.4 is 0 Å². The smallest absolute Gasteiger partial charge is 0.462 e. The van der Waals surface area contributed by atoms with Gasteiger partial charge in [0.1, 0.15) is 19.3 Å². The minimum Gasteiger partial charge on any atom is -0.462 e. The van der Waals surface area contributed by atoms with Crippen LogP contribution >= 0.6 is 15.6 Å². The van der Waals surface area contributed by atoms with Crippen LogP contribution in [0.2, 0.25) is 0 Å². The van der Waals surface area contributed by atoms with Crippen molar-refractivity contribution in [2.24, 2.45) is 11.8 Å². The molecule has 0 saturated heterocycles. The van der Waals surface area contributed by atoms with Gasteiger partial charge in [-0.2, -0.15) is 0 Å². The lowest BCUT2D eigenvalue weighted by atomic mass is 10.0. The summed E-state index contributed by atoms with van der Waals surface area (Å²) in [4.78, 5) is 73.0. The normalized spacial score (nSPS) is 13.9. The Hall–Kier alpha value is -1.94. The second kappa shape index (κ2) is 75.5. The lowest BCUT2D eigenvalue weighted by Gasteiger charge is -2.21. The topological polar surface area (TPSA) is 237 Å². The van der Waals surface area contributed by atoms with E-state index in [2.05, 4.69) is 41.5 Å². The molecule has 19 heteroatoms. The van der Waals surface area contributed by atoms with Crippen LogP contribution in [0.15, 0.2) is 0 Å². The van der Waals surface area contributed by atoms with Gasteiger partial charge in [-0.3, -0.25) is 37.3 Å². The molecule has 0 aliphatic rings. The zero-order valence-corrected chi connectivity index (χ0v) is 69.4. The van der Waals surface area contributed by atoms with Crippen molar-refractivity contribution in [1.82, 2.24) is 0 Å². The van der Waals surface area contributed by atoms with Crippen molar-refractivity contribution < 1.29 is 80.2 Å². The molecule has 0 spiro atoms. The van der Waals surface area contributed by atoms with Gasteiger partial charge >= 0.3 is 39.5 Å². The molecule has 17 nitrogen and oxygen atoms in total. The third-order valence-electron chi connectivity index (χ3n) is 19.7. The average molecular weight is 1510 g/mol.